The molecule has 0 atom stereocenters. The molecule has 2 aromatic carbocycles. The Balaban J connectivity index is 1.84. The van der Waals surface area contributed by atoms with Gasteiger partial charge in [0.15, 0.2) is 0 Å². The van der Waals surface area contributed by atoms with Crippen LogP contribution in [0.3, 0.4) is 0 Å². The summed E-state index contributed by atoms with van der Waals surface area (Å²) in [4.78, 5) is 26.6. The van der Waals surface area contributed by atoms with Gasteiger partial charge in [-0.3, -0.25) is 9.59 Å². The number of amides is 2. The monoisotopic (exact) mass is 337 g/mol. The van der Waals surface area contributed by atoms with Crippen molar-refractivity contribution < 1.29 is 14.7 Å². The third kappa shape index (κ3) is 2.98. The number of carbonyl (C=O) groups is 2. The molecule has 0 radical (unpaired) electrons. The number of nitrogens with zero attached hydrogens (tertiary/aromatic N) is 3. The van der Waals surface area contributed by atoms with E-state index >= 15 is 0 Å². The highest BCUT2D eigenvalue weighted by molar-refractivity contribution is 6.21. The first-order valence-electron chi connectivity index (χ1n) is 8.16. The van der Waals surface area contributed by atoms with Gasteiger partial charge in [0.2, 0.25) is 0 Å². The van der Waals surface area contributed by atoms with E-state index in [-0.39, 0.29) is 5.75 Å². The lowest BCUT2D eigenvalue weighted by Crippen LogP contribution is -2.24. The number of phenolic OH excluding ortho intramolecular Hbond substituents is 1. The summed E-state index contributed by atoms with van der Waals surface area (Å²) in [5.41, 5.74) is 2.02. The molecule has 1 aliphatic heterocycles. The minimum absolute atomic E-state index is 0.0461. The summed E-state index contributed by atoms with van der Waals surface area (Å²) in [6, 6.07) is 11.8. The molecule has 0 aliphatic carbocycles. The van der Waals surface area contributed by atoms with Crippen LogP contribution in [0.5, 0.6) is 5.75 Å². The SMILES string of the molecule is CCN(CC)c1ccc(/C=N\N2C(=O)c3ccccc3C2=O)c(O)c1. The van der Waals surface area contributed by atoms with E-state index in [1.54, 1.807) is 36.4 Å². The van der Waals surface area contributed by atoms with Gasteiger partial charge in [-0.1, -0.05) is 12.1 Å². The summed E-state index contributed by atoms with van der Waals surface area (Å²) in [6.45, 7) is 5.74. The molecule has 0 bridgehead atoms. The Morgan fingerprint density at radius 2 is 1.64 bits per heavy atom. The Morgan fingerprint density at radius 1 is 1.04 bits per heavy atom. The minimum atomic E-state index is -0.462. The lowest BCUT2D eigenvalue weighted by atomic mass is 10.1. The van der Waals surface area contributed by atoms with Gasteiger partial charge in [0.05, 0.1) is 17.3 Å². The van der Waals surface area contributed by atoms with Crippen LogP contribution in [-0.2, 0) is 0 Å². The lowest BCUT2D eigenvalue weighted by molar-refractivity contribution is 0.0660. The zero-order chi connectivity index (χ0) is 18.0. The van der Waals surface area contributed by atoms with E-state index in [0.29, 0.717) is 16.7 Å². The van der Waals surface area contributed by atoms with Crippen LogP contribution in [0, 0.1) is 0 Å². The van der Waals surface area contributed by atoms with Crippen LogP contribution in [0.4, 0.5) is 5.69 Å². The number of carbonyl (C=O) groups excluding carboxylic acids is 2. The fraction of sp³-hybridized carbons (Fsp3) is 0.211. The maximum atomic E-state index is 12.3. The maximum Gasteiger partial charge on any atom is 0.282 e. The van der Waals surface area contributed by atoms with Crippen molar-refractivity contribution in [2.24, 2.45) is 5.10 Å². The number of fused-ring (bicyclic) bond motifs is 1. The second-order valence-electron chi connectivity index (χ2n) is 5.63. The molecule has 1 N–H and O–H groups in total. The van der Waals surface area contributed by atoms with Crippen LogP contribution in [0.2, 0.25) is 0 Å². The van der Waals surface area contributed by atoms with Gasteiger partial charge >= 0.3 is 0 Å². The Hall–Kier alpha value is -3.15. The van der Waals surface area contributed by atoms with Crippen molar-refractivity contribution in [3.05, 3.63) is 59.2 Å². The smallest absolute Gasteiger partial charge is 0.282 e. The molecule has 1 heterocycles. The molecule has 1 aliphatic rings. The summed E-state index contributed by atoms with van der Waals surface area (Å²) in [6.07, 6.45) is 1.32. The highest BCUT2D eigenvalue weighted by atomic mass is 16.3. The van der Waals surface area contributed by atoms with Crippen molar-refractivity contribution in [1.29, 1.82) is 0 Å². The van der Waals surface area contributed by atoms with E-state index in [2.05, 4.69) is 10.0 Å². The minimum Gasteiger partial charge on any atom is -0.507 e. The standard InChI is InChI=1S/C19H19N3O3/c1-3-21(4-2)14-10-9-13(17(23)11-14)12-20-22-18(24)15-7-5-6-8-16(15)19(22)25/h5-12,23H,3-4H2,1-2H3/b20-12-. The zero-order valence-electron chi connectivity index (χ0n) is 14.1. The lowest BCUT2D eigenvalue weighted by Gasteiger charge is -2.21. The first-order valence-corrected chi connectivity index (χ1v) is 8.16. The molecule has 128 valence electrons. The Morgan fingerprint density at radius 3 is 2.16 bits per heavy atom. The predicted molar refractivity (Wildman–Crippen MR) is 96.2 cm³/mol. The van der Waals surface area contributed by atoms with Gasteiger partial charge in [-0.2, -0.15) is 10.1 Å². The normalized spacial score (nSPS) is 13.6. The molecule has 0 fully saturated rings. The van der Waals surface area contributed by atoms with E-state index in [4.69, 9.17) is 0 Å². The quantitative estimate of drug-likeness (QED) is 0.672. The predicted octanol–water partition coefficient (Wildman–Crippen LogP) is 2.87. The van der Waals surface area contributed by atoms with Crippen molar-refractivity contribution in [1.82, 2.24) is 5.01 Å². The van der Waals surface area contributed by atoms with Crippen molar-refractivity contribution in [2.45, 2.75) is 13.8 Å². The second kappa shape index (κ2) is 6.76. The van der Waals surface area contributed by atoms with Crippen LogP contribution in [0.15, 0.2) is 47.6 Å². The Labute approximate surface area is 146 Å². The van der Waals surface area contributed by atoms with Gasteiger partial charge < -0.3 is 10.0 Å². The highest BCUT2D eigenvalue weighted by Crippen LogP contribution is 2.25. The molecular weight excluding hydrogens is 318 g/mol. The van der Waals surface area contributed by atoms with Crippen molar-refractivity contribution >= 4 is 23.7 Å². The van der Waals surface area contributed by atoms with E-state index in [9.17, 15) is 14.7 Å². The molecule has 6 nitrogen and oxygen atoms in total. The molecule has 2 amide bonds. The van der Waals surface area contributed by atoms with E-state index in [1.165, 1.54) is 6.21 Å². The molecule has 0 saturated carbocycles. The first kappa shape index (κ1) is 16.7. The number of hydrazone groups is 1. The van der Waals surface area contributed by atoms with Gasteiger partial charge in [-0.05, 0) is 38.1 Å². The molecule has 3 rings (SSSR count). The summed E-state index contributed by atoms with van der Waals surface area (Å²) in [5, 5.41) is 15.0. The number of benzene rings is 2. The number of imide groups is 1. The number of phenols is 1. The molecule has 0 aromatic heterocycles. The average molecular weight is 337 g/mol. The van der Waals surface area contributed by atoms with Gasteiger partial charge in [-0.25, -0.2) is 0 Å². The van der Waals surface area contributed by atoms with Crippen molar-refractivity contribution in [3.8, 4) is 5.75 Å². The summed E-state index contributed by atoms with van der Waals surface area (Å²) in [5.74, 6) is -0.878. The van der Waals surface area contributed by atoms with Crippen LogP contribution >= 0.6 is 0 Å². The van der Waals surface area contributed by atoms with Crippen LogP contribution in [0.25, 0.3) is 0 Å². The maximum absolute atomic E-state index is 12.3. The van der Waals surface area contributed by atoms with E-state index in [0.717, 1.165) is 23.8 Å². The number of aromatic hydroxyl groups is 1. The number of rotatable bonds is 5. The summed E-state index contributed by atoms with van der Waals surface area (Å²) >= 11 is 0. The van der Waals surface area contributed by atoms with E-state index < -0.39 is 11.8 Å². The fourth-order valence-electron chi connectivity index (χ4n) is 2.83. The third-order valence-corrected chi connectivity index (χ3v) is 4.23. The highest BCUT2D eigenvalue weighted by Gasteiger charge is 2.35. The molecule has 2 aromatic rings. The first-order chi connectivity index (χ1) is 12.1. The molecule has 25 heavy (non-hydrogen) atoms. The molecule has 6 heteroatoms. The Bertz CT molecular complexity index is 822. The van der Waals surface area contributed by atoms with Crippen molar-refractivity contribution in [3.63, 3.8) is 0 Å². The number of anilines is 1. The molecular formula is C19H19N3O3. The van der Waals surface area contributed by atoms with Crippen LogP contribution in [-0.4, -0.2) is 41.2 Å². The van der Waals surface area contributed by atoms with Crippen LogP contribution in [0.1, 0.15) is 40.1 Å². The van der Waals surface area contributed by atoms with Gasteiger partial charge in [-0.15, -0.1) is 0 Å². The van der Waals surface area contributed by atoms with Gasteiger partial charge in [0, 0.05) is 30.4 Å². The van der Waals surface area contributed by atoms with Gasteiger partial charge in [0.1, 0.15) is 5.75 Å². The summed E-state index contributed by atoms with van der Waals surface area (Å²) < 4.78 is 0. The average Bonchev–Trinajstić information content (AvgIpc) is 2.87. The molecule has 0 saturated heterocycles. The number of hydrogen-bond donors (Lipinski definition) is 1. The topological polar surface area (TPSA) is 73.2 Å². The van der Waals surface area contributed by atoms with E-state index in [1.807, 2.05) is 19.9 Å². The largest absolute Gasteiger partial charge is 0.507 e. The second-order valence-corrected chi connectivity index (χ2v) is 5.63. The van der Waals surface area contributed by atoms with Gasteiger partial charge in [0.25, 0.3) is 11.8 Å². The number of hydrogen-bond acceptors (Lipinski definition) is 5. The third-order valence-electron chi connectivity index (χ3n) is 4.23. The summed E-state index contributed by atoms with van der Waals surface area (Å²) in [7, 11) is 0. The van der Waals surface area contributed by atoms with Crippen LogP contribution < -0.4 is 4.90 Å². The molecule has 0 spiro atoms. The molecule has 0 unspecified atom stereocenters. The van der Waals surface area contributed by atoms with Crippen molar-refractivity contribution in [2.75, 3.05) is 18.0 Å². The Kier molecular flexibility index (Phi) is 4.52. The fourth-order valence-corrected chi connectivity index (χ4v) is 2.83. The zero-order valence-corrected chi connectivity index (χ0v) is 14.1.